The number of benzene rings is 2. The molecule has 0 saturated carbocycles. The largest absolute Gasteiger partial charge is 0.454 e. The van der Waals surface area contributed by atoms with Gasteiger partial charge in [-0.25, -0.2) is 0 Å². The van der Waals surface area contributed by atoms with Gasteiger partial charge >= 0.3 is 5.97 Å². The van der Waals surface area contributed by atoms with Gasteiger partial charge in [0.05, 0.1) is 0 Å². The zero-order chi connectivity index (χ0) is 19.6. The van der Waals surface area contributed by atoms with Gasteiger partial charge in [0.25, 0.3) is 11.8 Å². The lowest BCUT2D eigenvalue weighted by Crippen LogP contribution is -2.32. The van der Waals surface area contributed by atoms with Gasteiger partial charge in [-0.3, -0.25) is 14.4 Å². The van der Waals surface area contributed by atoms with Crippen LogP contribution in [0, 0.1) is 0 Å². The molecule has 2 amide bonds. The predicted octanol–water partition coefficient (Wildman–Crippen LogP) is 2.72. The van der Waals surface area contributed by atoms with E-state index >= 15 is 0 Å². The van der Waals surface area contributed by atoms with Crippen LogP contribution in [0.1, 0.15) is 35.3 Å². The van der Waals surface area contributed by atoms with Crippen LogP contribution in [0.3, 0.4) is 0 Å². The Morgan fingerprint density at radius 2 is 1.52 bits per heavy atom. The standard InChI is InChI=1S/C21H24N2O4/c1-3-15-11-8-12-16(4-2)20(15)23-18(24)14-27-19(25)13-22-21(26)17-9-6-5-7-10-17/h5-12H,3-4,13-14H2,1-2H3,(H,22,26)(H,23,24). The number of esters is 1. The van der Waals surface area contributed by atoms with E-state index in [0.29, 0.717) is 5.56 Å². The van der Waals surface area contributed by atoms with Crippen LogP contribution in [0.5, 0.6) is 0 Å². The second-order valence-corrected chi connectivity index (χ2v) is 5.92. The molecule has 2 aromatic rings. The molecule has 6 heteroatoms. The Morgan fingerprint density at radius 3 is 2.11 bits per heavy atom. The van der Waals surface area contributed by atoms with Crippen molar-refractivity contribution in [2.75, 3.05) is 18.5 Å². The summed E-state index contributed by atoms with van der Waals surface area (Å²) in [6.45, 7) is 3.33. The van der Waals surface area contributed by atoms with Crippen LogP contribution < -0.4 is 10.6 Å². The first-order valence-electron chi connectivity index (χ1n) is 8.94. The fraction of sp³-hybridized carbons (Fsp3) is 0.286. The first kappa shape index (κ1) is 20.2. The van der Waals surface area contributed by atoms with Gasteiger partial charge in [-0.05, 0) is 36.1 Å². The zero-order valence-electron chi connectivity index (χ0n) is 15.6. The van der Waals surface area contributed by atoms with Crippen LogP contribution in [-0.4, -0.2) is 30.9 Å². The van der Waals surface area contributed by atoms with Gasteiger partial charge in [-0.2, -0.15) is 0 Å². The van der Waals surface area contributed by atoms with Crippen molar-refractivity contribution in [2.24, 2.45) is 0 Å². The maximum atomic E-state index is 12.1. The second kappa shape index (κ2) is 10.1. The Morgan fingerprint density at radius 1 is 0.889 bits per heavy atom. The molecule has 0 radical (unpaired) electrons. The van der Waals surface area contributed by atoms with E-state index in [2.05, 4.69) is 10.6 Å². The average molecular weight is 368 g/mol. The second-order valence-electron chi connectivity index (χ2n) is 5.92. The van der Waals surface area contributed by atoms with E-state index in [1.807, 2.05) is 32.0 Å². The minimum atomic E-state index is -0.672. The van der Waals surface area contributed by atoms with Crippen LogP contribution in [0.2, 0.25) is 0 Å². The van der Waals surface area contributed by atoms with Crippen LogP contribution in [0.4, 0.5) is 5.69 Å². The monoisotopic (exact) mass is 368 g/mol. The van der Waals surface area contributed by atoms with E-state index in [-0.39, 0.29) is 12.5 Å². The van der Waals surface area contributed by atoms with Gasteiger partial charge < -0.3 is 15.4 Å². The fourth-order valence-corrected chi connectivity index (χ4v) is 2.62. The molecular weight excluding hydrogens is 344 g/mol. The van der Waals surface area contributed by atoms with Crippen LogP contribution in [0.25, 0.3) is 0 Å². The van der Waals surface area contributed by atoms with Gasteiger partial charge in [0.15, 0.2) is 6.61 Å². The third kappa shape index (κ3) is 5.95. The summed E-state index contributed by atoms with van der Waals surface area (Å²) in [4.78, 5) is 35.8. The molecule has 27 heavy (non-hydrogen) atoms. The lowest BCUT2D eigenvalue weighted by molar-refractivity contribution is -0.146. The Labute approximate surface area is 158 Å². The van der Waals surface area contributed by atoms with Crippen LogP contribution in [0.15, 0.2) is 48.5 Å². The minimum absolute atomic E-state index is 0.299. The van der Waals surface area contributed by atoms with Crippen LogP contribution >= 0.6 is 0 Å². The molecule has 0 atom stereocenters. The molecule has 0 saturated heterocycles. The van der Waals surface area contributed by atoms with Gasteiger partial charge in [-0.1, -0.05) is 50.2 Å². The van der Waals surface area contributed by atoms with Crippen molar-refractivity contribution < 1.29 is 19.1 Å². The highest BCUT2D eigenvalue weighted by molar-refractivity contribution is 5.97. The van der Waals surface area contributed by atoms with Gasteiger partial charge in [0.2, 0.25) is 0 Å². The quantitative estimate of drug-likeness (QED) is 0.702. The van der Waals surface area contributed by atoms with Gasteiger partial charge in [0.1, 0.15) is 6.54 Å². The van der Waals surface area contributed by atoms with Gasteiger partial charge in [-0.15, -0.1) is 0 Å². The maximum absolute atomic E-state index is 12.1. The number of amides is 2. The molecule has 2 N–H and O–H groups in total. The third-order valence-corrected chi connectivity index (χ3v) is 4.06. The first-order chi connectivity index (χ1) is 13.0. The molecule has 0 spiro atoms. The number of aryl methyl sites for hydroxylation is 2. The number of nitrogens with one attached hydrogen (secondary N) is 2. The molecule has 0 aliphatic rings. The van der Waals surface area contributed by atoms with E-state index in [1.165, 1.54) is 0 Å². The summed E-state index contributed by atoms with van der Waals surface area (Å²) in [6.07, 6.45) is 1.57. The topological polar surface area (TPSA) is 84.5 Å². The number of carbonyl (C=O) groups is 3. The zero-order valence-corrected chi connectivity index (χ0v) is 15.6. The fourth-order valence-electron chi connectivity index (χ4n) is 2.62. The Kier molecular flexibility index (Phi) is 7.55. The summed E-state index contributed by atoms with van der Waals surface area (Å²) in [7, 11) is 0. The predicted molar refractivity (Wildman–Crippen MR) is 104 cm³/mol. The van der Waals surface area contributed by atoms with Crippen molar-refractivity contribution in [1.29, 1.82) is 0 Å². The highest BCUT2D eigenvalue weighted by atomic mass is 16.5. The number of para-hydroxylation sites is 1. The number of ether oxygens (including phenoxy) is 1. The molecule has 0 bridgehead atoms. The van der Waals surface area contributed by atoms with Crippen molar-refractivity contribution >= 4 is 23.5 Å². The van der Waals surface area contributed by atoms with E-state index in [1.54, 1.807) is 30.3 Å². The summed E-state index contributed by atoms with van der Waals surface area (Å²) in [5.41, 5.74) is 3.29. The SMILES string of the molecule is CCc1cccc(CC)c1NC(=O)COC(=O)CNC(=O)c1ccccc1. The summed E-state index contributed by atoms with van der Waals surface area (Å²) in [6, 6.07) is 14.4. The summed E-state index contributed by atoms with van der Waals surface area (Å²) in [5, 5.41) is 5.29. The highest BCUT2D eigenvalue weighted by Crippen LogP contribution is 2.22. The molecule has 0 unspecified atom stereocenters. The average Bonchev–Trinajstić information content (AvgIpc) is 2.71. The Hall–Kier alpha value is -3.15. The normalized spacial score (nSPS) is 10.1. The number of hydrogen-bond acceptors (Lipinski definition) is 4. The minimum Gasteiger partial charge on any atom is -0.454 e. The molecule has 0 heterocycles. The lowest BCUT2D eigenvalue weighted by Gasteiger charge is -2.14. The molecule has 2 aromatic carbocycles. The summed E-state index contributed by atoms with van der Waals surface area (Å²) >= 11 is 0. The Balaban J connectivity index is 1.82. The molecular formula is C21H24N2O4. The lowest BCUT2D eigenvalue weighted by atomic mass is 10.0. The van der Waals surface area contributed by atoms with E-state index < -0.39 is 18.5 Å². The van der Waals surface area contributed by atoms with Crippen molar-refractivity contribution in [3.63, 3.8) is 0 Å². The maximum Gasteiger partial charge on any atom is 0.325 e. The molecule has 0 aromatic heterocycles. The molecule has 2 rings (SSSR count). The van der Waals surface area contributed by atoms with Crippen molar-refractivity contribution in [1.82, 2.24) is 5.32 Å². The highest BCUT2D eigenvalue weighted by Gasteiger charge is 2.13. The summed E-state index contributed by atoms with van der Waals surface area (Å²) < 4.78 is 4.94. The molecule has 142 valence electrons. The van der Waals surface area contributed by atoms with Crippen molar-refractivity contribution in [2.45, 2.75) is 26.7 Å². The smallest absolute Gasteiger partial charge is 0.325 e. The van der Waals surface area contributed by atoms with E-state index in [9.17, 15) is 14.4 Å². The number of carbonyl (C=O) groups excluding carboxylic acids is 3. The van der Waals surface area contributed by atoms with E-state index in [0.717, 1.165) is 29.7 Å². The molecule has 6 nitrogen and oxygen atoms in total. The van der Waals surface area contributed by atoms with Crippen LogP contribution in [-0.2, 0) is 27.2 Å². The first-order valence-corrected chi connectivity index (χ1v) is 8.94. The van der Waals surface area contributed by atoms with Crippen molar-refractivity contribution in [3.8, 4) is 0 Å². The number of anilines is 1. The molecule has 0 aliphatic carbocycles. The van der Waals surface area contributed by atoms with Crippen molar-refractivity contribution in [3.05, 3.63) is 65.2 Å². The number of rotatable bonds is 8. The third-order valence-electron chi connectivity index (χ3n) is 4.06. The van der Waals surface area contributed by atoms with Gasteiger partial charge in [0, 0.05) is 11.3 Å². The Bertz CT molecular complexity index is 781. The number of hydrogen-bond donors (Lipinski definition) is 2. The molecule has 0 fully saturated rings. The molecule has 0 aliphatic heterocycles. The summed E-state index contributed by atoms with van der Waals surface area (Å²) in [5.74, 6) is -1.45. The van der Waals surface area contributed by atoms with E-state index in [4.69, 9.17) is 4.74 Å².